The summed E-state index contributed by atoms with van der Waals surface area (Å²) in [5, 5.41) is 21.8. The maximum absolute atomic E-state index is 13.3. The molecule has 0 aliphatic carbocycles. The molecule has 2 rings (SSSR count). The quantitative estimate of drug-likeness (QED) is 0.337. The number of likely N-dealkylation sites (tertiary alicyclic amines) is 1. The third-order valence-corrected chi connectivity index (χ3v) is 3.60. The molecule has 5 nitrogen and oxygen atoms in total. The predicted octanol–water partition coefficient (Wildman–Crippen LogP) is 1.27. The molecule has 0 aromatic heterocycles. The van der Waals surface area contributed by atoms with Crippen LogP contribution in [0.1, 0.15) is 30.9 Å². The third kappa shape index (κ3) is 3.46. The van der Waals surface area contributed by atoms with E-state index in [9.17, 15) is 9.50 Å². The molecule has 1 fully saturated rings. The summed E-state index contributed by atoms with van der Waals surface area (Å²) < 4.78 is 13.3. The van der Waals surface area contributed by atoms with Crippen LogP contribution in [-0.2, 0) is 6.54 Å². The predicted molar refractivity (Wildman–Crippen MR) is 74.0 cm³/mol. The van der Waals surface area contributed by atoms with Gasteiger partial charge in [0, 0.05) is 18.7 Å². The van der Waals surface area contributed by atoms with Crippen LogP contribution in [0.2, 0.25) is 0 Å². The van der Waals surface area contributed by atoms with E-state index in [2.05, 4.69) is 10.1 Å². The largest absolute Gasteiger partial charge is 0.409 e. The minimum absolute atomic E-state index is 0.108. The number of benzene rings is 1. The average molecular weight is 281 g/mol. The number of nitrogens with two attached hydrogens (primary N) is 1. The first-order chi connectivity index (χ1) is 9.41. The van der Waals surface area contributed by atoms with Crippen LogP contribution in [0.3, 0.4) is 0 Å². The Morgan fingerprint density at radius 3 is 2.95 bits per heavy atom. The van der Waals surface area contributed by atoms with Crippen molar-refractivity contribution in [1.82, 2.24) is 4.90 Å². The van der Waals surface area contributed by atoms with Gasteiger partial charge in [-0.15, -0.1) is 0 Å². The molecule has 0 bridgehead atoms. The molecule has 6 heteroatoms. The summed E-state index contributed by atoms with van der Waals surface area (Å²) in [5.41, 5.74) is 6.05. The number of oxime groups is 1. The highest BCUT2D eigenvalue weighted by molar-refractivity contribution is 5.98. The van der Waals surface area contributed by atoms with Gasteiger partial charge in [-0.25, -0.2) is 4.39 Å². The van der Waals surface area contributed by atoms with E-state index in [4.69, 9.17) is 10.9 Å². The van der Waals surface area contributed by atoms with Gasteiger partial charge in [0.25, 0.3) is 0 Å². The standard InChI is InChI=1S/C14H20FN3O2/c1-14(19)5-2-6-18(9-14)8-10-3-4-11(15)7-12(10)13(16)17-20/h3-4,7,19-20H,2,5-6,8-9H2,1H3,(H2,16,17). The highest BCUT2D eigenvalue weighted by Crippen LogP contribution is 2.23. The highest BCUT2D eigenvalue weighted by atomic mass is 19.1. The Bertz CT molecular complexity index is 517. The molecule has 20 heavy (non-hydrogen) atoms. The van der Waals surface area contributed by atoms with Crippen LogP contribution in [0.15, 0.2) is 23.4 Å². The summed E-state index contributed by atoms with van der Waals surface area (Å²) in [6.45, 7) is 3.76. The van der Waals surface area contributed by atoms with Crippen molar-refractivity contribution in [3.63, 3.8) is 0 Å². The van der Waals surface area contributed by atoms with Crippen molar-refractivity contribution >= 4 is 5.84 Å². The maximum atomic E-state index is 13.3. The Balaban J connectivity index is 2.21. The molecule has 0 spiro atoms. The van der Waals surface area contributed by atoms with E-state index >= 15 is 0 Å². The number of halogens is 1. The van der Waals surface area contributed by atoms with Crippen molar-refractivity contribution in [3.05, 3.63) is 35.1 Å². The Morgan fingerprint density at radius 1 is 1.55 bits per heavy atom. The Hall–Kier alpha value is -1.66. The minimum Gasteiger partial charge on any atom is -0.409 e. The average Bonchev–Trinajstić information content (AvgIpc) is 2.39. The molecule has 1 aromatic rings. The van der Waals surface area contributed by atoms with E-state index in [1.165, 1.54) is 12.1 Å². The van der Waals surface area contributed by atoms with Crippen molar-refractivity contribution in [2.75, 3.05) is 13.1 Å². The summed E-state index contributed by atoms with van der Waals surface area (Å²) in [7, 11) is 0. The van der Waals surface area contributed by atoms with E-state index in [0.29, 0.717) is 18.7 Å². The first-order valence-electron chi connectivity index (χ1n) is 6.62. The van der Waals surface area contributed by atoms with Crippen molar-refractivity contribution in [2.45, 2.75) is 31.9 Å². The van der Waals surface area contributed by atoms with Crippen LogP contribution in [-0.4, -0.2) is 39.7 Å². The normalized spacial score (nSPS) is 24.9. The van der Waals surface area contributed by atoms with Crippen LogP contribution in [0.4, 0.5) is 4.39 Å². The van der Waals surface area contributed by atoms with Gasteiger partial charge in [0.1, 0.15) is 5.82 Å². The van der Waals surface area contributed by atoms with Gasteiger partial charge in [0.05, 0.1) is 5.60 Å². The number of hydrogen-bond acceptors (Lipinski definition) is 4. The van der Waals surface area contributed by atoms with Crippen LogP contribution in [0.25, 0.3) is 0 Å². The molecule has 1 heterocycles. The van der Waals surface area contributed by atoms with Crippen molar-refractivity contribution in [2.24, 2.45) is 10.9 Å². The van der Waals surface area contributed by atoms with E-state index < -0.39 is 11.4 Å². The Kier molecular flexibility index (Phi) is 4.25. The molecular weight excluding hydrogens is 261 g/mol. The monoisotopic (exact) mass is 281 g/mol. The topological polar surface area (TPSA) is 82.1 Å². The second-order valence-corrected chi connectivity index (χ2v) is 5.60. The van der Waals surface area contributed by atoms with Crippen LogP contribution < -0.4 is 5.73 Å². The number of nitrogens with zero attached hydrogens (tertiary/aromatic N) is 2. The van der Waals surface area contributed by atoms with Crippen molar-refractivity contribution in [3.8, 4) is 0 Å². The lowest BCUT2D eigenvalue weighted by molar-refractivity contribution is -0.0181. The Morgan fingerprint density at radius 2 is 2.30 bits per heavy atom. The van der Waals surface area contributed by atoms with Crippen LogP contribution in [0.5, 0.6) is 0 Å². The van der Waals surface area contributed by atoms with Gasteiger partial charge < -0.3 is 16.0 Å². The molecule has 4 N–H and O–H groups in total. The SMILES string of the molecule is CC1(O)CCCN(Cc2ccc(F)cc2/C(N)=N/O)C1. The van der Waals surface area contributed by atoms with Crippen molar-refractivity contribution in [1.29, 1.82) is 0 Å². The van der Waals surface area contributed by atoms with Gasteiger partial charge in [0.15, 0.2) is 5.84 Å². The number of piperidine rings is 1. The fourth-order valence-electron chi connectivity index (χ4n) is 2.68. The molecule has 1 saturated heterocycles. The summed E-state index contributed by atoms with van der Waals surface area (Å²) in [5.74, 6) is -0.538. The molecule has 1 aromatic carbocycles. The number of rotatable bonds is 3. The zero-order valence-corrected chi connectivity index (χ0v) is 11.5. The van der Waals surface area contributed by atoms with Crippen molar-refractivity contribution < 1.29 is 14.7 Å². The molecular formula is C14H20FN3O2. The zero-order valence-electron chi connectivity index (χ0n) is 11.5. The maximum Gasteiger partial charge on any atom is 0.170 e. The lowest BCUT2D eigenvalue weighted by Gasteiger charge is -2.37. The molecule has 1 unspecified atom stereocenters. The smallest absolute Gasteiger partial charge is 0.170 e. The van der Waals surface area contributed by atoms with E-state index in [0.717, 1.165) is 24.9 Å². The summed E-state index contributed by atoms with van der Waals surface area (Å²) in [6.07, 6.45) is 1.69. The van der Waals surface area contributed by atoms with E-state index in [1.807, 2.05) is 6.92 Å². The number of β-amino-alcohol motifs (C(OH)–C–C–N with tert-alkyl or cyclic N) is 1. The Labute approximate surface area is 117 Å². The first kappa shape index (κ1) is 14.7. The molecule has 110 valence electrons. The zero-order chi connectivity index (χ0) is 14.8. The van der Waals surface area contributed by atoms with Gasteiger partial charge in [-0.05, 0) is 44.0 Å². The molecule has 0 amide bonds. The molecule has 1 aliphatic heterocycles. The van der Waals surface area contributed by atoms with Gasteiger partial charge in [-0.2, -0.15) is 0 Å². The minimum atomic E-state index is -0.699. The molecule has 0 radical (unpaired) electrons. The summed E-state index contributed by atoms with van der Waals surface area (Å²) >= 11 is 0. The summed E-state index contributed by atoms with van der Waals surface area (Å²) in [4.78, 5) is 2.09. The van der Waals surface area contributed by atoms with Gasteiger partial charge in [-0.1, -0.05) is 11.2 Å². The second-order valence-electron chi connectivity index (χ2n) is 5.60. The van der Waals surface area contributed by atoms with Crippen LogP contribution >= 0.6 is 0 Å². The number of hydrogen-bond donors (Lipinski definition) is 3. The fraction of sp³-hybridized carbons (Fsp3) is 0.500. The molecule has 1 aliphatic rings. The van der Waals surface area contributed by atoms with Gasteiger partial charge in [-0.3, -0.25) is 4.90 Å². The second kappa shape index (κ2) is 5.76. The lowest BCUT2D eigenvalue weighted by atomic mass is 9.94. The number of aliphatic hydroxyl groups is 1. The van der Waals surface area contributed by atoms with E-state index in [-0.39, 0.29) is 5.84 Å². The summed E-state index contributed by atoms with van der Waals surface area (Å²) in [6, 6.07) is 4.24. The molecule has 0 saturated carbocycles. The van der Waals surface area contributed by atoms with Gasteiger partial charge >= 0.3 is 0 Å². The lowest BCUT2D eigenvalue weighted by Crippen LogP contribution is -2.45. The van der Waals surface area contributed by atoms with Crippen LogP contribution in [0, 0.1) is 5.82 Å². The first-order valence-corrected chi connectivity index (χ1v) is 6.62. The van der Waals surface area contributed by atoms with Gasteiger partial charge in [0.2, 0.25) is 0 Å². The number of amidine groups is 1. The third-order valence-electron chi connectivity index (χ3n) is 3.60. The molecule has 1 atom stereocenters. The fourth-order valence-corrected chi connectivity index (χ4v) is 2.68. The highest BCUT2D eigenvalue weighted by Gasteiger charge is 2.28. The van der Waals surface area contributed by atoms with E-state index in [1.54, 1.807) is 6.07 Å².